The second-order valence-electron chi connectivity index (χ2n) is 9.42. The van der Waals surface area contributed by atoms with Crippen molar-refractivity contribution in [2.45, 2.75) is 84.7 Å². The van der Waals surface area contributed by atoms with Gasteiger partial charge in [-0.25, -0.2) is 0 Å². The van der Waals surface area contributed by atoms with E-state index in [1.165, 1.54) is 24.8 Å². The SMILES string of the molecule is CCC(=O)O[C@H]1CC[C@H]2[C@H]3CCC4=CC(=O)CC[C@@]4(C)[C@@H]3CC[C@]12C. The van der Waals surface area contributed by atoms with Crippen LogP contribution in [0, 0.1) is 28.6 Å². The Hall–Kier alpha value is -1.12. The van der Waals surface area contributed by atoms with Gasteiger partial charge in [0.15, 0.2) is 5.78 Å². The lowest BCUT2D eigenvalue weighted by Gasteiger charge is -2.57. The van der Waals surface area contributed by atoms with Crippen molar-refractivity contribution in [3.63, 3.8) is 0 Å². The number of carbonyl (C=O) groups excluding carboxylic acids is 2. The average Bonchev–Trinajstić information content (AvgIpc) is 2.92. The first-order chi connectivity index (χ1) is 11.9. The summed E-state index contributed by atoms with van der Waals surface area (Å²) in [5.74, 6) is 2.41. The lowest BCUT2D eigenvalue weighted by Crippen LogP contribution is -2.51. The molecule has 3 nitrogen and oxygen atoms in total. The summed E-state index contributed by atoms with van der Waals surface area (Å²) in [4.78, 5) is 23.8. The third-order valence-corrected chi connectivity index (χ3v) is 8.44. The lowest BCUT2D eigenvalue weighted by atomic mass is 9.47. The van der Waals surface area contributed by atoms with Crippen molar-refractivity contribution in [1.29, 1.82) is 0 Å². The van der Waals surface area contributed by atoms with Crippen molar-refractivity contribution >= 4 is 11.8 Å². The first-order valence-corrected chi connectivity index (χ1v) is 10.3. The molecule has 0 aliphatic heterocycles. The minimum absolute atomic E-state index is 0.0411. The molecule has 0 saturated heterocycles. The summed E-state index contributed by atoms with van der Waals surface area (Å²) >= 11 is 0. The highest BCUT2D eigenvalue weighted by Crippen LogP contribution is 2.65. The molecule has 0 unspecified atom stereocenters. The molecule has 0 aromatic heterocycles. The Labute approximate surface area is 151 Å². The van der Waals surface area contributed by atoms with E-state index in [0.29, 0.717) is 24.0 Å². The number of esters is 1. The van der Waals surface area contributed by atoms with E-state index in [1.807, 2.05) is 13.0 Å². The van der Waals surface area contributed by atoms with Gasteiger partial charge in [0, 0.05) is 18.3 Å². The van der Waals surface area contributed by atoms with Gasteiger partial charge in [-0.1, -0.05) is 26.3 Å². The molecule has 25 heavy (non-hydrogen) atoms. The first-order valence-electron chi connectivity index (χ1n) is 10.3. The number of rotatable bonds is 2. The van der Waals surface area contributed by atoms with Crippen LogP contribution in [0.5, 0.6) is 0 Å². The third-order valence-electron chi connectivity index (χ3n) is 8.44. The highest BCUT2D eigenvalue weighted by atomic mass is 16.5. The standard InChI is InChI=1S/C22H32O3/c1-4-20(24)25-19-8-7-17-16-6-5-14-13-15(23)9-11-21(14,2)18(16)10-12-22(17,19)3/h13,16-19H,4-12H2,1-3H3/t16-,17+,18-,19+,21-,22+/m1/s1. The van der Waals surface area contributed by atoms with Crippen LogP contribution in [0.25, 0.3) is 0 Å². The lowest BCUT2D eigenvalue weighted by molar-refractivity contribution is -0.159. The highest BCUT2D eigenvalue weighted by molar-refractivity contribution is 5.91. The molecule has 3 fully saturated rings. The van der Waals surface area contributed by atoms with Gasteiger partial charge in [-0.05, 0) is 74.2 Å². The summed E-state index contributed by atoms with van der Waals surface area (Å²) in [7, 11) is 0. The van der Waals surface area contributed by atoms with Crippen LogP contribution < -0.4 is 0 Å². The molecule has 0 N–H and O–H groups in total. The zero-order valence-electron chi connectivity index (χ0n) is 16.0. The number of ketones is 1. The van der Waals surface area contributed by atoms with E-state index in [0.717, 1.165) is 38.0 Å². The summed E-state index contributed by atoms with van der Waals surface area (Å²) in [6.45, 7) is 6.69. The van der Waals surface area contributed by atoms with E-state index in [9.17, 15) is 9.59 Å². The van der Waals surface area contributed by atoms with Crippen LogP contribution in [0.15, 0.2) is 11.6 Å². The van der Waals surface area contributed by atoms with Crippen LogP contribution >= 0.6 is 0 Å². The Balaban J connectivity index is 1.59. The molecule has 0 aromatic carbocycles. The number of allylic oxidation sites excluding steroid dienone is 1. The third kappa shape index (κ3) is 2.52. The molecule has 0 spiro atoms. The molecule has 6 atom stereocenters. The zero-order valence-corrected chi connectivity index (χ0v) is 16.0. The minimum atomic E-state index is -0.0411. The van der Waals surface area contributed by atoms with Gasteiger partial charge in [-0.3, -0.25) is 9.59 Å². The van der Waals surface area contributed by atoms with E-state index in [-0.39, 0.29) is 22.9 Å². The van der Waals surface area contributed by atoms with Crippen molar-refractivity contribution in [3.05, 3.63) is 11.6 Å². The summed E-state index contributed by atoms with van der Waals surface area (Å²) in [5, 5.41) is 0. The van der Waals surface area contributed by atoms with Gasteiger partial charge in [0.2, 0.25) is 0 Å². The van der Waals surface area contributed by atoms with Gasteiger partial charge >= 0.3 is 5.97 Å². The van der Waals surface area contributed by atoms with Crippen LogP contribution in [0.3, 0.4) is 0 Å². The van der Waals surface area contributed by atoms with Crippen molar-refractivity contribution in [1.82, 2.24) is 0 Å². The number of ether oxygens (including phenoxy) is 1. The Morgan fingerprint density at radius 1 is 1.12 bits per heavy atom. The highest BCUT2D eigenvalue weighted by Gasteiger charge is 2.59. The van der Waals surface area contributed by atoms with Crippen LogP contribution in [0.4, 0.5) is 0 Å². The second-order valence-corrected chi connectivity index (χ2v) is 9.42. The molecule has 0 aromatic rings. The van der Waals surface area contributed by atoms with E-state index in [1.54, 1.807) is 0 Å². The number of carbonyl (C=O) groups is 2. The maximum Gasteiger partial charge on any atom is 0.305 e. The molecular formula is C22H32O3. The molecule has 0 radical (unpaired) electrons. The van der Waals surface area contributed by atoms with Crippen LogP contribution in [0.1, 0.15) is 78.6 Å². The predicted octanol–water partition coefficient (Wildman–Crippen LogP) is 4.84. The smallest absolute Gasteiger partial charge is 0.305 e. The number of hydrogen-bond acceptors (Lipinski definition) is 3. The monoisotopic (exact) mass is 344 g/mol. The van der Waals surface area contributed by atoms with Crippen LogP contribution in [0.2, 0.25) is 0 Å². The van der Waals surface area contributed by atoms with E-state index in [4.69, 9.17) is 4.74 Å². The molecule has 4 aliphatic carbocycles. The van der Waals surface area contributed by atoms with Gasteiger partial charge in [-0.2, -0.15) is 0 Å². The van der Waals surface area contributed by atoms with Gasteiger partial charge in [0.1, 0.15) is 6.10 Å². The molecule has 0 amide bonds. The fourth-order valence-electron chi connectivity index (χ4n) is 6.95. The molecule has 3 saturated carbocycles. The normalized spacial score (nSPS) is 45.9. The average molecular weight is 344 g/mol. The van der Waals surface area contributed by atoms with Crippen LogP contribution in [-0.4, -0.2) is 17.9 Å². The first kappa shape index (κ1) is 17.3. The molecule has 3 heteroatoms. The maximum absolute atomic E-state index is 11.9. The van der Waals surface area contributed by atoms with Gasteiger partial charge in [0.05, 0.1) is 0 Å². The molecule has 4 rings (SSSR count). The van der Waals surface area contributed by atoms with Gasteiger partial charge < -0.3 is 4.74 Å². The molecule has 138 valence electrons. The summed E-state index contributed by atoms with van der Waals surface area (Å²) < 4.78 is 5.86. The fourth-order valence-corrected chi connectivity index (χ4v) is 6.95. The minimum Gasteiger partial charge on any atom is -0.462 e. The van der Waals surface area contributed by atoms with Crippen molar-refractivity contribution < 1.29 is 14.3 Å². The quantitative estimate of drug-likeness (QED) is 0.673. The maximum atomic E-state index is 11.9. The number of hydrogen-bond donors (Lipinski definition) is 0. The molecule has 4 aliphatic rings. The van der Waals surface area contributed by atoms with E-state index < -0.39 is 0 Å². The molecular weight excluding hydrogens is 312 g/mol. The fraction of sp³-hybridized carbons (Fsp3) is 0.818. The van der Waals surface area contributed by atoms with Gasteiger partial charge in [-0.15, -0.1) is 0 Å². The summed E-state index contributed by atoms with van der Waals surface area (Å²) in [6.07, 6.45) is 11.3. The Morgan fingerprint density at radius 2 is 1.92 bits per heavy atom. The van der Waals surface area contributed by atoms with Crippen molar-refractivity contribution in [3.8, 4) is 0 Å². The largest absolute Gasteiger partial charge is 0.462 e. The topological polar surface area (TPSA) is 43.4 Å². The summed E-state index contributed by atoms with van der Waals surface area (Å²) in [5.41, 5.74) is 1.82. The molecule has 0 bridgehead atoms. The number of fused-ring (bicyclic) bond motifs is 5. The Morgan fingerprint density at radius 3 is 2.68 bits per heavy atom. The Kier molecular flexibility index (Phi) is 4.12. The second kappa shape index (κ2) is 5.96. The van der Waals surface area contributed by atoms with Gasteiger partial charge in [0.25, 0.3) is 0 Å². The van der Waals surface area contributed by atoms with Crippen LogP contribution in [-0.2, 0) is 14.3 Å². The van der Waals surface area contributed by atoms with Crippen molar-refractivity contribution in [2.75, 3.05) is 0 Å². The van der Waals surface area contributed by atoms with Crippen molar-refractivity contribution in [2.24, 2.45) is 28.6 Å². The predicted molar refractivity (Wildman–Crippen MR) is 96.9 cm³/mol. The Bertz CT molecular complexity index is 621. The molecule has 0 heterocycles. The van der Waals surface area contributed by atoms with E-state index >= 15 is 0 Å². The van der Waals surface area contributed by atoms with E-state index in [2.05, 4.69) is 13.8 Å². The zero-order chi connectivity index (χ0) is 17.8. The summed E-state index contributed by atoms with van der Waals surface area (Å²) in [6, 6.07) is 0.